The Bertz CT molecular complexity index is 996. The van der Waals surface area contributed by atoms with Gasteiger partial charge in [0.2, 0.25) is 10.0 Å². The van der Waals surface area contributed by atoms with Crippen LogP contribution in [0, 0.1) is 5.92 Å². The van der Waals surface area contributed by atoms with Crippen LogP contribution in [0.15, 0.2) is 46.1 Å². The van der Waals surface area contributed by atoms with Crippen molar-refractivity contribution in [1.82, 2.24) is 8.87 Å². The van der Waals surface area contributed by atoms with Crippen LogP contribution in [0.1, 0.15) is 18.0 Å². The predicted octanol–water partition coefficient (Wildman–Crippen LogP) is 2.62. The fourth-order valence-corrected chi connectivity index (χ4v) is 5.60. The molecule has 1 fully saturated rings. The number of nitrogens with zero attached hydrogens (tertiary/aromatic N) is 2. The molecule has 1 aromatic heterocycles. The molecular formula is C19H22N2O3S2. The number of benzene rings is 1. The van der Waals surface area contributed by atoms with Gasteiger partial charge in [-0.15, -0.1) is 11.8 Å². The lowest BCUT2D eigenvalue weighted by atomic mass is 9.81. The van der Waals surface area contributed by atoms with Crippen molar-refractivity contribution in [2.24, 2.45) is 5.92 Å². The third-order valence-corrected chi connectivity index (χ3v) is 7.41. The molecule has 0 saturated carbocycles. The molecule has 2 aliphatic heterocycles. The van der Waals surface area contributed by atoms with Crippen LogP contribution >= 0.6 is 11.8 Å². The van der Waals surface area contributed by atoms with Crippen molar-refractivity contribution in [3.8, 4) is 11.1 Å². The minimum atomic E-state index is -3.22. The van der Waals surface area contributed by atoms with Gasteiger partial charge in [-0.05, 0) is 42.4 Å². The summed E-state index contributed by atoms with van der Waals surface area (Å²) in [7, 11) is -3.22. The molecule has 5 nitrogen and oxygen atoms in total. The van der Waals surface area contributed by atoms with Crippen molar-refractivity contribution >= 4 is 21.8 Å². The van der Waals surface area contributed by atoms with Gasteiger partial charge in [0.1, 0.15) is 0 Å². The van der Waals surface area contributed by atoms with E-state index in [-0.39, 0.29) is 17.4 Å². The lowest BCUT2D eigenvalue weighted by Gasteiger charge is -2.42. The topological polar surface area (TPSA) is 59.4 Å². The number of sulfonamides is 1. The molecule has 0 spiro atoms. The summed E-state index contributed by atoms with van der Waals surface area (Å²) in [6.07, 6.45) is 4.25. The van der Waals surface area contributed by atoms with Gasteiger partial charge in [-0.3, -0.25) is 4.79 Å². The van der Waals surface area contributed by atoms with Crippen molar-refractivity contribution in [2.75, 3.05) is 25.6 Å². The highest BCUT2D eigenvalue weighted by Gasteiger charge is 2.38. The van der Waals surface area contributed by atoms with E-state index in [1.54, 1.807) is 22.1 Å². The third kappa shape index (κ3) is 3.12. The Morgan fingerprint density at radius 2 is 1.77 bits per heavy atom. The van der Waals surface area contributed by atoms with Crippen LogP contribution < -0.4 is 5.56 Å². The summed E-state index contributed by atoms with van der Waals surface area (Å²) < 4.78 is 27.6. The molecule has 2 aromatic rings. The third-order valence-electron chi connectivity index (χ3n) is 5.43. The molecule has 0 N–H and O–H groups in total. The van der Waals surface area contributed by atoms with Crippen molar-refractivity contribution in [1.29, 1.82) is 0 Å². The average molecular weight is 391 g/mol. The Balaban J connectivity index is 1.83. The summed E-state index contributed by atoms with van der Waals surface area (Å²) in [6, 6.07) is 11.8. The van der Waals surface area contributed by atoms with Crippen LogP contribution in [-0.2, 0) is 16.6 Å². The standard InChI is InChI=1S/C19H22N2O3S2/c1-25-16-5-3-14(4-6-16)17-7-8-18(22)21-11-13-9-15(19(17)21)12-20(10-13)26(2,23)24/h3-8,13,15H,9-12H2,1-2H3. The second-order valence-corrected chi connectivity index (χ2v) is 10.1. The van der Waals surface area contributed by atoms with Crippen molar-refractivity contribution in [3.05, 3.63) is 52.4 Å². The van der Waals surface area contributed by atoms with Gasteiger partial charge >= 0.3 is 0 Å². The van der Waals surface area contributed by atoms with Gasteiger partial charge in [-0.1, -0.05) is 12.1 Å². The Hall–Kier alpha value is -1.57. The molecule has 2 atom stereocenters. The Kier molecular flexibility index (Phi) is 4.49. The fraction of sp³-hybridized carbons (Fsp3) is 0.421. The van der Waals surface area contributed by atoms with Crippen LogP contribution in [0.2, 0.25) is 0 Å². The summed E-state index contributed by atoms with van der Waals surface area (Å²) in [4.78, 5) is 13.7. The summed E-state index contributed by atoms with van der Waals surface area (Å²) in [5, 5.41) is 0. The minimum Gasteiger partial charge on any atom is -0.311 e. The SMILES string of the molecule is CSc1ccc(-c2ccc(=O)n3c2C2CC(CN(S(C)(=O)=O)C2)C3)cc1. The van der Waals surface area contributed by atoms with Crippen LogP contribution in [-0.4, -0.2) is 42.9 Å². The zero-order valence-corrected chi connectivity index (χ0v) is 16.5. The maximum atomic E-state index is 12.5. The molecule has 2 unspecified atom stereocenters. The number of rotatable bonds is 3. The number of pyridine rings is 1. The van der Waals surface area contributed by atoms with Crippen molar-refractivity contribution in [3.63, 3.8) is 0 Å². The highest BCUT2D eigenvalue weighted by molar-refractivity contribution is 7.98. The number of piperidine rings is 1. The number of aromatic nitrogens is 1. The quantitative estimate of drug-likeness (QED) is 0.756. The highest BCUT2D eigenvalue weighted by Crippen LogP contribution is 2.40. The van der Waals surface area contributed by atoms with Gasteiger partial charge in [0.25, 0.3) is 5.56 Å². The normalized spacial score (nSPS) is 22.8. The first-order valence-electron chi connectivity index (χ1n) is 8.70. The zero-order chi connectivity index (χ0) is 18.5. The van der Waals surface area contributed by atoms with Gasteiger partial charge in [-0.2, -0.15) is 0 Å². The lowest BCUT2D eigenvalue weighted by molar-refractivity contribution is 0.187. The van der Waals surface area contributed by atoms with Gasteiger partial charge in [0.15, 0.2) is 0 Å². The molecular weight excluding hydrogens is 368 g/mol. The Morgan fingerprint density at radius 1 is 1.04 bits per heavy atom. The smallest absolute Gasteiger partial charge is 0.250 e. The minimum absolute atomic E-state index is 0.00647. The van der Waals surface area contributed by atoms with Crippen molar-refractivity contribution < 1.29 is 8.42 Å². The predicted molar refractivity (Wildman–Crippen MR) is 105 cm³/mol. The first kappa shape index (κ1) is 17.8. The van der Waals surface area contributed by atoms with E-state index < -0.39 is 10.0 Å². The largest absolute Gasteiger partial charge is 0.311 e. The van der Waals surface area contributed by atoms with Gasteiger partial charge < -0.3 is 4.57 Å². The molecule has 7 heteroatoms. The summed E-state index contributed by atoms with van der Waals surface area (Å²) in [5.74, 6) is 0.254. The van der Waals surface area contributed by atoms with E-state index in [9.17, 15) is 13.2 Å². The number of thioether (sulfide) groups is 1. The monoisotopic (exact) mass is 390 g/mol. The van der Waals surface area contributed by atoms with E-state index in [0.29, 0.717) is 19.6 Å². The number of hydrogen-bond acceptors (Lipinski definition) is 4. The van der Waals surface area contributed by atoms with Crippen LogP contribution in [0.5, 0.6) is 0 Å². The Labute approximate surface area is 158 Å². The fourth-order valence-electron chi connectivity index (χ4n) is 4.26. The number of hydrogen-bond donors (Lipinski definition) is 0. The summed E-state index contributed by atoms with van der Waals surface area (Å²) in [5.41, 5.74) is 3.10. The molecule has 4 rings (SSSR count). The second kappa shape index (κ2) is 6.55. The zero-order valence-electron chi connectivity index (χ0n) is 14.9. The van der Waals surface area contributed by atoms with E-state index in [2.05, 4.69) is 24.3 Å². The first-order valence-corrected chi connectivity index (χ1v) is 11.8. The molecule has 26 heavy (non-hydrogen) atoms. The molecule has 3 heterocycles. The van der Waals surface area contributed by atoms with Crippen LogP contribution in [0.25, 0.3) is 11.1 Å². The van der Waals surface area contributed by atoms with E-state index in [1.807, 2.05) is 16.9 Å². The van der Waals surface area contributed by atoms with Crippen LogP contribution in [0.4, 0.5) is 0 Å². The van der Waals surface area contributed by atoms with Crippen LogP contribution in [0.3, 0.4) is 0 Å². The molecule has 1 saturated heterocycles. The van der Waals surface area contributed by atoms with E-state index in [1.165, 1.54) is 11.2 Å². The van der Waals surface area contributed by atoms with Gasteiger partial charge in [-0.25, -0.2) is 12.7 Å². The first-order chi connectivity index (χ1) is 12.4. The summed E-state index contributed by atoms with van der Waals surface area (Å²) in [6.45, 7) is 1.55. The summed E-state index contributed by atoms with van der Waals surface area (Å²) >= 11 is 1.69. The molecule has 138 valence electrons. The van der Waals surface area contributed by atoms with E-state index in [4.69, 9.17) is 0 Å². The molecule has 0 radical (unpaired) electrons. The van der Waals surface area contributed by atoms with Gasteiger partial charge in [0, 0.05) is 47.8 Å². The van der Waals surface area contributed by atoms with E-state index >= 15 is 0 Å². The molecule has 2 aliphatic rings. The second-order valence-electron chi connectivity index (χ2n) is 7.19. The Morgan fingerprint density at radius 3 is 2.42 bits per heavy atom. The maximum Gasteiger partial charge on any atom is 0.250 e. The highest BCUT2D eigenvalue weighted by atomic mass is 32.2. The lowest BCUT2D eigenvalue weighted by Crippen LogP contribution is -2.49. The molecule has 0 amide bonds. The number of fused-ring (bicyclic) bond motifs is 4. The molecule has 0 aliphatic carbocycles. The van der Waals surface area contributed by atoms with Gasteiger partial charge in [0.05, 0.1) is 6.26 Å². The maximum absolute atomic E-state index is 12.5. The van der Waals surface area contributed by atoms with Crippen molar-refractivity contribution in [2.45, 2.75) is 23.8 Å². The molecule has 2 bridgehead atoms. The molecule has 1 aromatic carbocycles. The average Bonchev–Trinajstić information content (AvgIpc) is 2.62. The van der Waals surface area contributed by atoms with E-state index in [0.717, 1.165) is 23.2 Å².